The molecule has 0 aromatic heterocycles. The second kappa shape index (κ2) is 6.45. The number of anilines is 1. The van der Waals surface area contributed by atoms with Crippen LogP contribution < -0.4 is 5.73 Å². The van der Waals surface area contributed by atoms with Gasteiger partial charge in [0.05, 0.1) is 0 Å². The van der Waals surface area contributed by atoms with Gasteiger partial charge in [-0.3, -0.25) is 4.79 Å². The lowest BCUT2D eigenvalue weighted by molar-refractivity contribution is 0.0767. The molecule has 23 heavy (non-hydrogen) atoms. The van der Waals surface area contributed by atoms with Crippen LogP contribution in [0, 0.1) is 13.8 Å². The third kappa shape index (κ3) is 3.92. The molecule has 2 rings (SSSR count). The van der Waals surface area contributed by atoms with E-state index >= 15 is 0 Å². The standard InChI is InChI=1S/C20H26N2O/c1-14-6-9-16(10-7-14)20(3,4)13-22(5)19(23)18-12-17(21)11-8-15(18)2/h6-12H,13,21H2,1-5H3. The summed E-state index contributed by atoms with van der Waals surface area (Å²) in [4.78, 5) is 14.5. The van der Waals surface area contributed by atoms with E-state index in [0.29, 0.717) is 17.8 Å². The van der Waals surface area contributed by atoms with Crippen LogP contribution in [0.15, 0.2) is 42.5 Å². The van der Waals surface area contributed by atoms with Crippen LogP contribution in [-0.4, -0.2) is 24.4 Å². The largest absolute Gasteiger partial charge is 0.399 e. The van der Waals surface area contributed by atoms with Gasteiger partial charge in [-0.2, -0.15) is 0 Å². The number of hydrogen-bond donors (Lipinski definition) is 1. The van der Waals surface area contributed by atoms with Gasteiger partial charge in [0.1, 0.15) is 0 Å². The average molecular weight is 310 g/mol. The Hall–Kier alpha value is -2.29. The summed E-state index contributed by atoms with van der Waals surface area (Å²) in [7, 11) is 1.85. The highest BCUT2D eigenvalue weighted by Gasteiger charge is 2.25. The lowest BCUT2D eigenvalue weighted by atomic mass is 9.83. The molecule has 1 amide bonds. The zero-order valence-corrected chi connectivity index (χ0v) is 14.7. The van der Waals surface area contributed by atoms with Crippen molar-refractivity contribution in [3.8, 4) is 0 Å². The number of amides is 1. The number of benzene rings is 2. The zero-order chi connectivity index (χ0) is 17.2. The highest BCUT2D eigenvalue weighted by atomic mass is 16.2. The molecule has 0 saturated carbocycles. The molecule has 122 valence electrons. The number of nitrogens with zero attached hydrogens (tertiary/aromatic N) is 1. The maximum absolute atomic E-state index is 12.8. The molecule has 2 N–H and O–H groups in total. The summed E-state index contributed by atoms with van der Waals surface area (Å²) in [6.07, 6.45) is 0. The molecular formula is C20H26N2O. The molecule has 0 atom stereocenters. The lowest BCUT2D eigenvalue weighted by Gasteiger charge is -2.31. The van der Waals surface area contributed by atoms with Gasteiger partial charge in [-0.15, -0.1) is 0 Å². The van der Waals surface area contributed by atoms with Gasteiger partial charge in [0.2, 0.25) is 0 Å². The van der Waals surface area contributed by atoms with Crippen LogP contribution in [0.4, 0.5) is 5.69 Å². The van der Waals surface area contributed by atoms with Crippen LogP contribution in [0.5, 0.6) is 0 Å². The molecule has 0 saturated heterocycles. The molecule has 2 aromatic rings. The summed E-state index contributed by atoms with van der Waals surface area (Å²) in [5.74, 6) is 0.00925. The van der Waals surface area contributed by atoms with Crippen molar-refractivity contribution in [3.05, 3.63) is 64.7 Å². The van der Waals surface area contributed by atoms with E-state index in [1.807, 2.05) is 26.1 Å². The minimum atomic E-state index is -0.119. The molecule has 0 radical (unpaired) electrons. The fourth-order valence-electron chi connectivity index (χ4n) is 2.84. The Morgan fingerprint density at radius 3 is 2.30 bits per heavy atom. The number of aryl methyl sites for hydroxylation is 2. The van der Waals surface area contributed by atoms with E-state index in [0.717, 1.165) is 5.56 Å². The van der Waals surface area contributed by atoms with Crippen molar-refractivity contribution < 1.29 is 4.79 Å². The molecule has 0 aliphatic carbocycles. The Morgan fingerprint density at radius 1 is 1.09 bits per heavy atom. The first-order valence-electron chi connectivity index (χ1n) is 7.89. The molecular weight excluding hydrogens is 284 g/mol. The van der Waals surface area contributed by atoms with Gasteiger partial charge < -0.3 is 10.6 Å². The average Bonchev–Trinajstić information content (AvgIpc) is 2.49. The van der Waals surface area contributed by atoms with E-state index in [9.17, 15) is 4.79 Å². The quantitative estimate of drug-likeness (QED) is 0.870. The van der Waals surface area contributed by atoms with E-state index in [2.05, 4.69) is 45.0 Å². The molecule has 3 nitrogen and oxygen atoms in total. The van der Waals surface area contributed by atoms with Gasteiger partial charge >= 0.3 is 0 Å². The van der Waals surface area contributed by atoms with Crippen LogP contribution in [0.25, 0.3) is 0 Å². The van der Waals surface area contributed by atoms with Crippen molar-refractivity contribution in [3.63, 3.8) is 0 Å². The number of nitrogens with two attached hydrogens (primary N) is 1. The molecule has 0 aliphatic rings. The Labute approximate surface area is 139 Å². The minimum Gasteiger partial charge on any atom is -0.399 e. The van der Waals surface area contributed by atoms with E-state index < -0.39 is 0 Å². The second-order valence-corrected chi connectivity index (χ2v) is 6.99. The third-order valence-corrected chi connectivity index (χ3v) is 4.30. The second-order valence-electron chi connectivity index (χ2n) is 6.99. The summed E-state index contributed by atoms with van der Waals surface area (Å²) < 4.78 is 0. The van der Waals surface area contributed by atoms with Gasteiger partial charge in [0.25, 0.3) is 5.91 Å². The lowest BCUT2D eigenvalue weighted by Crippen LogP contribution is -2.38. The first-order chi connectivity index (χ1) is 10.7. The minimum absolute atomic E-state index is 0.00925. The molecule has 0 bridgehead atoms. The molecule has 0 aliphatic heterocycles. The Bertz CT molecular complexity index is 702. The highest BCUT2D eigenvalue weighted by Crippen LogP contribution is 2.25. The highest BCUT2D eigenvalue weighted by molar-refractivity contribution is 5.96. The summed E-state index contributed by atoms with van der Waals surface area (Å²) in [6.45, 7) is 8.98. The summed E-state index contributed by atoms with van der Waals surface area (Å²) in [5.41, 5.74) is 10.4. The topological polar surface area (TPSA) is 46.3 Å². The van der Waals surface area contributed by atoms with Crippen LogP contribution in [0.1, 0.15) is 40.9 Å². The molecule has 0 fully saturated rings. The zero-order valence-electron chi connectivity index (χ0n) is 14.7. The van der Waals surface area contributed by atoms with Crippen molar-refractivity contribution in [1.82, 2.24) is 4.90 Å². The van der Waals surface area contributed by atoms with E-state index in [-0.39, 0.29) is 11.3 Å². The normalized spacial score (nSPS) is 11.3. The van der Waals surface area contributed by atoms with Crippen molar-refractivity contribution in [2.24, 2.45) is 0 Å². The van der Waals surface area contributed by atoms with Crippen molar-refractivity contribution in [2.75, 3.05) is 19.3 Å². The molecule has 0 heterocycles. The van der Waals surface area contributed by atoms with Gasteiger partial charge in [0, 0.05) is 30.3 Å². The monoisotopic (exact) mass is 310 g/mol. The van der Waals surface area contributed by atoms with Crippen LogP contribution >= 0.6 is 0 Å². The predicted octanol–water partition coefficient (Wildman–Crippen LogP) is 3.94. The molecule has 0 unspecified atom stereocenters. The maximum Gasteiger partial charge on any atom is 0.253 e. The number of likely N-dealkylation sites (N-methyl/N-ethyl adjacent to an activating group) is 1. The van der Waals surface area contributed by atoms with Gasteiger partial charge in [-0.05, 0) is 37.1 Å². The summed E-state index contributed by atoms with van der Waals surface area (Å²) in [5, 5.41) is 0. The fourth-order valence-corrected chi connectivity index (χ4v) is 2.84. The smallest absolute Gasteiger partial charge is 0.253 e. The van der Waals surface area contributed by atoms with Gasteiger partial charge in [-0.25, -0.2) is 0 Å². The number of carbonyl (C=O) groups is 1. The molecule has 2 aromatic carbocycles. The summed E-state index contributed by atoms with van der Waals surface area (Å²) >= 11 is 0. The first-order valence-corrected chi connectivity index (χ1v) is 7.89. The number of carbonyl (C=O) groups excluding carboxylic acids is 1. The predicted molar refractivity (Wildman–Crippen MR) is 96.8 cm³/mol. The fraction of sp³-hybridized carbons (Fsp3) is 0.350. The van der Waals surface area contributed by atoms with Crippen molar-refractivity contribution in [1.29, 1.82) is 0 Å². The Kier molecular flexibility index (Phi) is 4.79. The summed E-state index contributed by atoms with van der Waals surface area (Å²) in [6, 6.07) is 14.0. The number of nitrogen functional groups attached to an aromatic ring is 1. The van der Waals surface area contributed by atoms with Crippen LogP contribution in [-0.2, 0) is 5.41 Å². The van der Waals surface area contributed by atoms with Crippen LogP contribution in [0.2, 0.25) is 0 Å². The third-order valence-electron chi connectivity index (χ3n) is 4.30. The van der Waals surface area contributed by atoms with Gasteiger partial charge in [-0.1, -0.05) is 49.7 Å². The molecule has 3 heteroatoms. The van der Waals surface area contributed by atoms with E-state index in [1.165, 1.54) is 11.1 Å². The van der Waals surface area contributed by atoms with Gasteiger partial charge in [0.15, 0.2) is 0 Å². The number of rotatable bonds is 4. The van der Waals surface area contributed by atoms with E-state index in [1.54, 1.807) is 11.0 Å². The Morgan fingerprint density at radius 2 is 1.70 bits per heavy atom. The van der Waals surface area contributed by atoms with Crippen molar-refractivity contribution >= 4 is 11.6 Å². The number of hydrogen-bond acceptors (Lipinski definition) is 2. The Balaban J connectivity index is 2.20. The first kappa shape index (κ1) is 17.1. The van der Waals surface area contributed by atoms with Crippen molar-refractivity contribution in [2.45, 2.75) is 33.1 Å². The maximum atomic E-state index is 12.8. The molecule has 0 spiro atoms. The van der Waals surface area contributed by atoms with Crippen LogP contribution in [0.3, 0.4) is 0 Å². The van der Waals surface area contributed by atoms with E-state index in [4.69, 9.17) is 5.73 Å². The SMILES string of the molecule is Cc1ccc(C(C)(C)CN(C)C(=O)c2cc(N)ccc2C)cc1.